The van der Waals surface area contributed by atoms with Gasteiger partial charge in [0, 0.05) is 13.1 Å². The molecule has 0 bridgehead atoms. The quantitative estimate of drug-likeness (QED) is 0.681. The molecule has 3 aromatic rings. The highest BCUT2D eigenvalue weighted by molar-refractivity contribution is 7.13. The lowest BCUT2D eigenvalue weighted by Gasteiger charge is -2.29. The molecule has 0 saturated heterocycles. The predicted octanol–water partition coefficient (Wildman–Crippen LogP) is 2.95. The van der Waals surface area contributed by atoms with Gasteiger partial charge < -0.3 is 15.4 Å². The highest BCUT2D eigenvalue weighted by Crippen LogP contribution is 2.26. The number of thiazole rings is 1. The number of carbonyl (C=O) groups excluding carboxylic acids is 2. The van der Waals surface area contributed by atoms with Gasteiger partial charge in [-0.1, -0.05) is 36.4 Å². The number of amides is 2. The molecule has 148 valence electrons. The number of benzene rings is 2. The summed E-state index contributed by atoms with van der Waals surface area (Å²) in [5.74, 6) is 0.404. The first-order valence-electron chi connectivity index (χ1n) is 9.40. The van der Waals surface area contributed by atoms with Crippen LogP contribution in [0.25, 0.3) is 0 Å². The maximum atomic E-state index is 12.9. The molecule has 1 aliphatic rings. The first kappa shape index (κ1) is 19.1. The molecule has 6 nitrogen and oxygen atoms in total. The third-order valence-corrected chi connectivity index (χ3v) is 5.84. The van der Waals surface area contributed by atoms with Crippen molar-refractivity contribution >= 4 is 23.2 Å². The number of aromatic nitrogens is 1. The Hall–Kier alpha value is -3.19. The summed E-state index contributed by atoms with van der Waals surface area (Å²) < 4.78 is 5.71. The highest BCUT2D eigenvalue weighted by atomic mass is 32.1. The summed E-state index contributed by atoms with van der Waals surface area (Å²) in [6.45, 7) is 1.46. The van der Waals surface area contributed by atoms with Gasteiger partial charge in [-0.25, -0.2) is 4.98 Å². The zero-order chi connectivity index (χ0) is 20.2. The molecule has 2 heterocycles. The zero-order valence-electron chi connectivity index (χ0n) is 15.8. The fourth-order valence-electron chi connectivity index (χ4n) is 3.51. The third-order valence-electron chi connectivity index (χ3n) is 4.88. The van der Waals surface area contributed by atoms with Gasteiger partial charge in [-0.15, -0.1) is 11.3 Å². The summed E-state index contributed by atoms with van der Waals surface area (Å²) in [5.41, 5.74) is 8.52. The van der Waals surface area contributed by atoms with Crippen LogP contribution in [0.2, 0.25) is 0 Å². The number of hydrogen-bond acceptors (Lipinski definition) is 5. The van der Waals surface area contributed by atoms with Crippen LogP contribution in [0.15, 0.2) is 54.7 Å². The lowest BCUT2D eigenvalue weighted by atomic mass is 9.93. The van der Waals surface area contributed by atoms with Crippen molar-refractivity contribution in [2.75, 3.05) is 6.54 Å². The molecule has 7 heteroatoms. The topological polar surface area (TPSA) is 85.5 Å². The Balaban J connectivity index is 1.42. The van der Waals surface area contributed by atoms with Crippen molar-refractivity contribution in [3.8, 4) is 5.75 Å². The van der Waals surface area contributed by atoms with Gasteiger partial charge in [0.05, 0.1) is 12.6 Å². The van der Waals surface area contributed by atoms with E-state index in [1.807, 2.05) is 53.4 Å². The monoisotopic (exact) mass is 407 g/mol. The lowest BCUT2D eigenvalue weighted by molar-refractivity contribution is -0.117. The number of primary amides is 1. The second kappa shape index (κ2) is 8.45. The number of fused-ring (bicyclic) bond motifs is 1. The number of nitrogens with two attached hydrogens (primary N) is 1. The van der Waals surface area contributed by atoms with Crippen LogP contribution in [0, 0.1) is 0 Å². The van der Waals surface area contributed by atoms with Crippen LogP contribution in [-0.4, -0.2) is 28.2 Å². The first-order valence-corrected chi connectivity index (χ1v) is 10.2. The molecular weight excluding hydrogens is 386 g/mol. The number of hydrogen-bond donors (Lipinski definition) is 1. The number of para-hydroxylation sites is 1. The summed E-state index contributed by atoms with van der Waals surface area (Å²) in [4.78, 5) is 31.0. The number of rotatable bonds is 6. The van der Waals surface area contributed by atoms with Gasteiger partial charge in [-0.3, -0.25) is 9.59 Å². The molecular formula is C22H21N3O3S. The average molecular weight is 407 g/mol. The lowest BCUT2D eigenvalue weighted by Crippen LogP contribution is -2.36. The van der Waals surface area contributed by atoms with Gasteiger partial charge in [0.1, 0.15) is 22.2 Å². The summed E-state index contributed by atoms with van der Waals surface area (Å²) >= 11 is 1.36. The Bertz CT molecular complexity index is 1030. The van der Waals surface area contributed by atoms with Gasteiger partial charge in [0.25, 0.3) is 5.91 Å². The van der Waals surface area contributed by atoms with Crippen molar-refractivity contribution in [3.05, 3.63) is 81.3 Å². The minimum atomic E-state index is -0.341. The van der Waals surface area contributed by atoms with Crippen molar-refractivity contribution < 1.29 is 14.3 Å². The van der Waals surface area contributed by atoms with Crippen LogP contribution >= 0.6 is 11.3 Å². The molecule has 1 aromatic heterocycles. The minimum absolute atomic E-state index is 0.0283. The van der Waals surface area contributed by atoms with E-state index in [9.17, 15) is 9.59 Å². The van der Waals surface area contributed by atoms with Crippen LogP contribution in [0.5, 0.6) is 5.75 Å². The molecule has 1 aliphatic heterocycles. The molecule has 4 rings (SSSR count). The second-order valence-corrected chi connectivity index (χ2v) is 8.01. The fraction of sp³-hybridized carbons (Fsp3) is 0.227. The average Bonchev–Trinajstić information content (AvgIpc) is 3.21. The Morgan fingerprint density at radius 1 is 1.14 bits per heavy atom. The van der Waals surface area contributed by atoms with E-state index in [0.29, 0.717) is 31.0 Å². The van der Waals surface area contributed by atoms with Gasteiger partial charge in [-0.2, -0.15) is 0 Å². The Morgan fingerprint density at radius 2 is 1.97 bits per heavy atom. The standard InChI is InChI=1S/C22H21N3O3S/c23-20(26)11-15-5-4-6-16-13-25(10-9-18(15)16)22(27)19-12-24-21(29-19)14-28-17-7-2-1-3-8-17/h1-8,12H,9-11,13-14H2,(H2,23,26). The Labute approximate surface area is 172 Å². The van der Waals surface area contributed by atoms with E-state index in [0.717, 1.165) is 27.4 Å². The molecule has 2 amide bonds. The van der Waals surface area contributed by atoms with Crippen LogP contribution in [0.3, 0.4) is 0 Å². The van der Waals surface area contributed by atoms with Crippen molar-refractivity contribution in [2.45, 2.75) is 26.0 Å². The summed E-state index contributed by atoms with van der Waals surface area (Å²) in [5, 5.41) is 0.762. The van der Waals surface area contributed by atoms with E-state index in [1.165, 1.54) is 11.3 Å². The van der Waals surface area contributed by atoms with E-state index < -0.39 is 0 Å². The largest absolute Gasteiger partial charge is 0.486 e. The van der Waals surface area contributed by atoms with Crippen molar-refractivity contribution in [1.82, 2.24) is 9.88 Å². The Kier molecular flexibility index (Phi) is 5.57. The minimum Gasteiger partial charge on any atom is -0.486 e. The van der Waals surface area contributed by atoms with Gasteiger partial charge in [0.2, 0.25) is 5.91 Å². The molecule has 0 fully saturated rings. The molecule has 0 spiro atoms. The van der Waals surface area contributed by atoms with Crippen molar-refractivity contribution in [1.29, 1.82) is 0 Å². The van der Waals surface area contributed by atoms with Gasteiger partial charge in [-0.05, 0) is 35.2 Å². The molecule has 0 unspecified atom stereocenters. The maximum Gasteiger partial charge on any atom is 0.265 e. The zero-order valence-corrected chi connectivity index (χ0v) is 16.7. The van der Waals surface area contributed by atoms with Crippen molar-refractivity contribution in [2.24, 2.45) is 5.73 Å². The number of carbonyl (C=O) groups is 2. The van der Waals surface area contributed by atoms with E-state index in [-0.39, 0.29) is 18.2 Å². The van der Waals surface area contributed by atoms with Crippen molar-refractivity contribution in [3.63, 3.8) is 0 Å². The SMILES string of the molecule is NC(=O)Cc1cccc2c1CCN(C(=O)c1cnc(COc3ccccc3)s1)C2. The maximum absolute atomic E-state index is 12.9. The Morgan fingerprint density at radius 3 is 2.76 bits per heavy atom. The molecule has 0 atom stereocenters. The van der Waals surface area contributed by atoms with E-state index in [4.69, 9.17) is 10.5 Å². The van der Waals surface area contributed by atoms with E-state index in [2.05, 4.69) is 4.98 Å². The number of ether oxygens (including phenoxy) is 1. The predicted molar refractivity (Wildman–Crippen MR) is 111 cm³/mol. The van der Waals surface area contributed by atoms with E-state index >= 15 is 0 Å². The summed E-state index contributed by atoms with van der Waals surface area (Å²) in [6.07, 6.45) is 2.57. The molecule has 2 N–H and O–H groups in total. The summed E-state index contributed by atoms with van der Waals surface area (Å²) in [7, 11) is 0. The fourth-order valence-corrected chi connectivity index (χ4v) is 4.31. The molecule has 2 aromatic carbocycles. The second-order valence-electron chi connectivity index (χ2n) is 6.89. The molecule has 29 heavy (non-hydrogen) atoms. The van der Waals surface area contributed by atoms with Crippen LogP contribution in [0.4, 0.5) is 0 Å². The van der Waals surface area contributed by atoms with Gasteiger partial charge >= 0.3 is 0 Å². The van der Waals surface area contributed by atoms with E-state index in [1.54, 1.807) is 6.20 Å². The first-order chi connectivity index (χ1) is 14.1. The normalized spacial score (nSPS) is 13.0. The van der Waals surface area contributed by atoms with Crippen LogP contribution < -0.4 is 10.5 Å². The molecule has 0 radical (unpaired) electrons. The number of nitrogens with zero attached hydrogens (tertiary/aromatic N) is 2. The highest BCUT2D eigenvalue weighted by Gasteiger charge is 2.25. The molecule has 0 aliphatic carbocycles. The van der Waals surface area contributed by atoms with Gasteiger partial charge in [0.15, 0.2) is 0 Å². The third kappa shape index (κ3) is 4.46. The van der Waals surface area contributed by atoms with Crippen LogP contribution in [0.1, 0.15) is 31.4 Å². The summed E-state index contributed by atoms with van der Waals surface area (Å²) in [6, 6.07) is 15.4. The smallest absolute Gasteiger partial charge is 0.265 e. The molecule has 0 saturated carbocycles. The van der Waals surface area contributed by atoms with Crippen LogP contribution in [-0.2, 0) is 30.8 Å².